The van der Waals surface area contributed by atoms with Gasteiger partial charge in [0.2, 0.25) is 0 Å². The van der Waals surface area contributed by atoms with Crippen LogP contribution in [0.2, 0.25) is 0 Å². The van der Waals surface area contributed by atoms with Crippen molar-refractivity contribution in [3.63, 3.8) is 0 Å². The van der Waals surface area contributed by atoms with Crippen LogP contribution in [0.5, 0.6) is 0 Å². The Hall–Kier alpha value is -0.310. The molecule has 0 aromatic carbocycles. The molecule has 0 atom stereocenters. The third kappa shape index (κ3) is 8.03. The molecule has 0 N–H and O–H groups in total. The lowest BCUT2D eigenvalue weighted by atomic mass is 10.2. The third-order valence-corrected chi connectivity index (χ3v) is 2.27. The number of hydrogen-bond acceptors (Lipinski definition) is 3. The molecule has 0 aliphatic rings. The van der Waals surface area contributed by atoms with E-state index in [1.54, 1.807) is 0 Å². The summed E-state index contributed by atoms with van der Waals surface area (Å²) in [6.07, 6.45) is 1.44. The van der Waals surface area contributed by atoms with E-state index in [1.807, 2.05) is 27.7 Å². The summed E-state index contributed by atoms with van der Waals surface area (Å²) < 4.78 is -0.0798. The standard InChI is InChI=1S/C10H18O2S/c1-5-6-8(11)7-9(12)13-10(2,3)4/h5-7H2,1-4H3. The second-order valence-corrected chi connectivity index (χ2v) is 5.94. The topological polar surface area (TPSA) is 34.1 Å². The molecule has 0 aromatic heterocycles. The number of rotatable bonds is 4. The molecule has 0 spiro atoms. The maximum Gasteiger partial charge on any atom is 0.196 e. The van der Waals surface area contributed by atoms with Gasteiger partial charge in [0.1, 0.15) is 5.78 Å². The fourth-order valence-electron chi connectivity index (χ4n) is 0.906. The summed E-state index contributed by atoms with van der Waals surface area (Å²) in [5.74, 6) is 0.0595. The molecular weight excluding hydrogens is 184 g/mol. The molecule has 76 valence electrons. The predicted octanol–water partition coefficient (Wildman–Crippen LogP) is 2.80. The molecule has 0 aliphatic carbocycles. The van der Waals surface area contributed by atoms with Gasteiger partial charge in [-0.3, -0.25) is 9.59 Å². The van der Waals surface area contributed by atoms with Gasteiger partial charge in [0.15, 0.2) is 5.12 Å². The Morgan fingerprint density at radius 1 is 1.23 bits per heavy atom. The van der Waals surface area contributed by atoms with Crippen LogP contribution < -0.4 is 0 Å². The highest BCUT2D eigenvalue weighted by atomic mass is 32.2. The van der Waals surface area contributed by atoms with E-state index < -0.39 is 0 Å². The molecule has 0 unspecified atom stereocenters. The van der Waals surface area contributed by atoms with E-state index in [0.717, 1.165) is 6.42 Å². The van der Waals surface area contributed by atoms with E-state index in [2.05, 4.69) is 0 Å². The van der Waals surface area contributed by atoms with Gasteiger partial charge >= 0.3 is 0 Å². The SMILES string of the molecule is CCCC(=O)CC(=O)SC(C)(C)C. The van der Waals surface area contributed by atoms with Gasteiger partial charge in [-0.2, -0.15) is 0 Å². The van der Waals surface area contributed by atoms with Crippen LogP contribution in [0.25, 0.3) is 0 Å². The van der Waals surface area contributed by atoms with E-state index in [4.69, 9.17) is 0 Å². The number of thioether (sulfide) groups is 1. The largest absolute Gasteiger partial charge is 0.299 e. The van der Waals surface area contributed by atoms with Crippen molar-refractivity contribution in [3.8, 4) is 0 Å². The highest BCUT2D eigenvalue weighted by Crippen LogP contribution is 2.25. The lowest BCUT2D eigenvalue weighted by molar-refractivity contribution is -0.123. The molecule has 13 heavy (non-hydrogen) atoms. The second kappa shape index (κ2) is 5.43. The minimum atomic E-state index is -0.0798. The predicted molar refractivity (Wildman–Crippen MR) is 56.9 cm³/mol. The van der Waals surface area contributed by atoms with Crippen molar-refractivity contribution in [2.24, 2.45) is 0 Å². The first-order chi connectivity index (χ1) is 5.85. The van der Waals surface area contributed by atoms with Crippen LogP contribution >= 0.6 is 11.8 Å². The van der Waals surface area contributed by atoms with Crippen molar-refractivity contribution in [2.75, 3.05) is 0 Å². The molecule has 0 amide bonds. The highest BCUT2D eigenvalue weighted by molar-refractivity contribution is 8.14. The summed E-state index contributed by atoms with van der Waals surface area (Å²) in [5.41, 5.74) is 0. The summed E-state index contributed by atoms with van der Waals surface area (Å²) in [6.45, 7) is 7.86. The van der Waals surface area contributed by atoms with E-state index >= 15 is 0 Å². The van der Waals surface area contributed by atoms with Gasteiger partial charge in [0.25, 0.3) is 0 Å². The first kappa shape index (κ1) is 12.7. The van der Waals surface area contributed by atoms with E-state index in [0.29, 0.717) is 6.42 Å². The fourth-order valence-corrected chi connectivity index (χ4v) is 1.82. The van der Waals surface area contributed by atoms with Crippen LogP contribution in [0.4, 0.5) is 0 Å². The summed E-state index contributed by atoms with van der Waals surface area (Å²) >= 11 is 1.25. The smallest absolute Gasteiger partial charge is 0.196 e. The van der Waals surface area contributed by atoms with E-state index in [9.17, 15) is 9.59 Å². The number of carbonyl (C=O) groups excluding carboxylic acids is 2. The molecule has 0 bridgehead atoms. The molecule has 3 heteroatoms. The minimum absolute atomic E-state index is 0.00838. The van der Waals surface area contributed by atoms with Crippen molar-refractivity contribution < 1.29 is 9.59 Å². The van der Waals surface area contributed by atoms with Gasteiger partial charge in [-0.15, -0.1) is 0 Å². The van der Waals surface area contributed by atoms with Crippen molar-refractivity contribution in [3.05, 3.63) is 0 Å². The van der Waals surface area contributed by atoms with Crippen molar-refractivity contribution in [2.45, 2.75) is 51.7 Å². The zero-order chi connectivity index (χ0) is 10.5. The van der Waals surface area contributed by atoms with Gasteiger partial charge in [-0.25, -0.2) is 0 Å². The Morgan fingerprint density at radius 3 is 2.15 bits per heavy atom. The van der Waals surface area contributed by atoms with E-state index in [1.165, 1.54) is 11.8 Å². The van der Waals surface area contributed by atoms with Crippen LogP contribution in [-0.4, -0.2) is 15.6 Å². The average Bonchev–Trinajstić information content (AvgIpc) is 1.81. The molecule has 2 nitrogen and oxygen atoms in total. The molecule has 0 saturated heterocycles. The Bertz CT molecular complexity index is 192. The van der Waals surface area contributed by atoms with Crippen LogP contribution in [0, 0.1) is 0 Å². The Morgan fingerprint density at radius 2 is 1.77 bits per heavy atom. The van der Waals surface area contributed by atoms with Crippen LogP contribution in [-0.2, 0) is 9.59 Å². The molecule has 0 radical (unpaired) electrons. The quantitative estimate of drug-likeness (QED) is 0.657. The summed E-state index contributed by atoms with van der Waals surface area (Å²) in [5, 5.41) is -0.00838. The normalized spacial score (nSPS) is 11.4. The minimum Gasteiger partial charge on any atom is -0.299 e. The summed E-state index contributed by atoms with van der Waals surface area (Å²) in [7, 11) is 0. The Labute approximate surface area is 84.5 Å². The first-order valence-corrected chi connectivity index (χ1v) is 5.40. The van der Waals surface area contributed by atoms with Gasteiger partial charge in [-0.1, -0.05) is 39.5 Å². The van der Waals surface area contributed by atoms with Crippen molar-refractivity contribution in [1.82, 2.24) is 0 Å². The Balaban J connectivity index is 3.82. The molecule has 0 saturated carbocycles. The number of hydrogen-bond donors (Lipinski definition) is 0. The van der Waals surface area contributed by atoms with Crippen molar-refractivity contribution in [1.29, 1.82) is 0 Å². The molecule has 0 heterocycles. The van der Waals surface area contributed by atoms with Crippen molar-refractivity contribution >= 4 is 22.7 Å². The monoisotopic (exact) mass is 202 g/mol. The summed E-state index contributed by atoms with van der Waals surface area (Å²) in [6, 6.07) is 0. The van der Waals surface area contributed by atoms with Gasteiger partial charge < -0.3 is 0 Å². The lowest BCUT2D eigenvalue weighted by Gasteiger charge is -2.15. The highest BCUT2D eigenvalue weighted by Gasteiger charge is 2.18. The van der Waals surface area contributed by atoms with Crippen LogP contribution in [0.1, 0.15) is 47.0 Å². The molecule has 0 aliphatic heterocycles. The first-order valence-electron chi connectivity index (χ1n) is 4.58. The number of Topliss-reactive ketones (excluding diaryl/α,β-unsaturated/α-hetero) is 1. The summed E-state index contributed by atoms with van der Waals surface area (Å²) in [4.78, 5) is 22.4. The molecule has 0 rings (SSSR count). The van der Waals surface area contributed by atoms with Gasteiger partial charge in [0.05, 0.1) is 6.42 Å². The molecular formula is C10H18O2S. The number of carbonyl (C=O) groups is 2. The van der Waals surface area contributed by atoms with E-state index in [-0.39, 0.29) is 22.1 Å². The maximum atomic E-state index is 11.3. The zero-order valence-electron chi connectivity index (χ0n) is 8.85. The van der Waals surface area contributed by atoms with Gasteiger partial charge in [-0.05, 0) is 6.42 Å². The second-order valence-electron chi connectivity index (χ2n) is 4.05. The zero-order valence-corrected chi connectivity index (χ0v) is 9.66. The maximum absolute atomic E-state index is 11.3. The van der Waals surface area contributed by atoms with Crippen LogP contribution in [0.15, 0.2) is 0 Å². The number of ketones is 1. The third-order valence-electron chi connectivity index (χ3n) is 1.29. The molecule has 0 fully saturated rings. The fraction of sp³-hybridized carbons (Fsp3) is 0.800. The Kier molecular flexibility index (Phi) is 5.30. The van der Waals surface area contributed by atoms with Crippen LogP contribution in [0.3, 0.4) is 0 Å². The molecule has 0 aromatic rings. The van der Waals surface area contributed by atoms with Gasteiger partial charge in [0, 0.05) is 11.2 Å². The average molecular weight is 202 g/mol. The lowest BCUT2D eigenvalue weighted by Crippen LogP contribution is -2.14.